The third-order valence-corrected chi connectivity index (χ3v) is 2.79. The van der Waals surface area contributed by atoms with Crippen molar-refractivity contribution in [2.24, 2.45) is 7.05 Å². The Morgan fingerprint density at radius 3 is 2.46 bits per heavy atom. The maximum absolute atomic E-state index is 2.36. The van der Waals surface area contributed by atoms with Gasteiger partial charge >= 0.3 is 0 Å². The summed E-state index contributed by atoms with van der Waals surface area (Å²) in [6, 6.07) is 0.778. The minimum absolute atomic E-state index is 0. The zero-order valence-corrected chi connectivity index (χ0v) is 10.3. The van der Waals surface area contributed by atoms with Crippen LogP contribution < -0.4 is 28.5 Å². The standard InChI is InChI=1S/C10H17N2.HI/c1-11-7-8-12(9-11)10-5-3-2-4-6-10;/h7-10H,2-6H2,1H3;1H/q+1;/p-1. The Bertz CT molecular complexity index is 251. The van der Waals surface area contributed by atoms with Crippen LogP contribution in [0.3, 0.4) is 0 Å². The zero-order valence-electron chi connectivity index (χ0n) is 8.12. The van der Waals surface area contributed by atoms with E-state index in [1.165, 1.54) is 32.1 Å². The van der Waals surface area contributed by atoms with Gasteiger partial charge in [0.1, 0.15) is 18.4 Å². The summed E-state index contributed by atoms with van der Waals surface area (Å²) in [5.41, 5.74) is 0. The van der Waals surface area contributed by atoms with Crippen molar-refractivity contribution in [3.05, 3.63) is 18.7 Å². The molecule has 3 heteroatoms. The Morgan fingerprint density at radius 2 is 1.92 bits per heavy atom. The molecule has 1 saturated carbocycles. The van der Waals surface area contributed by atoms with Crippen LogP contribution in [0.5, 0.6) is 0 Å². The smallest absolute Gasteiger partial charge is 0.243 e. The van der Waals surface area contributed by atoms with Gasteiger partial charge < -0.3 is 24.0 Å². The summed E-state index contributed by atoms with van der Waals surface area (Å²) in [6.45, 7) is 0. The second-order valence-corrected chi connectivity index (χ2v) is 3.82. The number of hydrogen-bond acceptors (Lipinski definition) is 0. The first-order valence-electron chi connectivity index (χ1n) is 4.89. The molecule has 0 N–H and O–H groups in total. The summed E-state index contributed by atoms with van der Waals surface area (Å²) >= 11 is 0. The van der Waals surface area contributed by atoms with Gasteiger partial charge in [0.05, 0.1) is 7.05 Å². The molecule has 1 heterocycles. The first-order valence-corrected chi connectivity index (χ1v) is 4.89. The van der Waals surface area contributed by atoms with Crippen molar-refractivity contribution in [3.8, 4) is 0 Å². The molecule has 0 amide bonds. The first-order chi connectivity index (χ1) is 5.86. The highest BCUT2D eigenvalue weighted by Gasteiger charge is 2.18. The van der Waals surface area contributed by atoms with Crippen molar-refractivity contribution in [3.63, 3.8) is 0 Å². The van der Waals surface area contributed by atoms with Crippen LogP contribution in [-0.2, 0) is 7.05 Å². The fraction of sp³-hybridized carbons (Fsp3) is 0.700. The molecule has 2 rings (SSSR count). The van der Waals surface area contributed by atoms with E-state index >= 15 is 0 Å². The predicted octanol–water partition coefficient (Wildman–Crippen LogP) is -1.18. The van der Waals surface area contributed by atoms with Gasteiger partial charge in [-0.05, 0) is 25.7 Å². The quantitative estimate of drug-likeness (QED) is 0.455. The minimum atomic E-state index is 0. The third-order valence-electron chi connectivity index (χ3n) is 2.79. The van der Waals surface area contributed by atoms with Gasteiger partial charge in [0, 0.05) is 0 Å². The van der Waals surface area contributed by atoms with Crippen LogP contribution in [0.15, 0.2) is 18.7 Å². The summed E-state index contributed by atoms with van der Waals surface area (Å²) in [4.78, 5) is 0. The second-order valence-electron chi connectivity index (χ2n) is 3.82. The molecule has 0 saturated heterocycles. The van der Waals surface area contributed by atoms with E-state index in [-0.39, 0.29) is 24.0 Å². The van der Waals surface area contributed by atoms with Crippen LogP contribution in [-0.4, -0.2) is 4.57 Å². The maximum atomic E-state index is 2.36. The molecule has 0 bridgehead atoms. The highest BCUT2D eigenvalue weighted by molar-refractivity contribution is 4.77. The number of nitrogens with zero attached hydrogens (tertiary/aromatic N) is 2. The van der Waals surface area contributed by atoms with E-state index in [4.69, 9.17) is 0 Å². The van der Waals surface area contributed by atoms with Gasteiger partial charge in [-0.2, -0.15) is 0 Å². The Balaban J connectivity index is 0.000000845. The van der Waals surface area contributed by atoms with E-state index in [2.05, 4.69) is 34.9 Å². The van der Waals surface area contributed by atoms with Gasteiger partial charge in [-0.25, -0.2) is 9.13 Å². The molecule has 0 unspecified atom stereocenters. The lowest BCUT2D eigenvalue weighted by molar-refractivity contribution is -0.671. The largest absolute Gasteiger partial charge is 1.00 e. The molecule has 1 aromatic heterocycles. The van der Waals surface area contributed by atoms with Gasteiger partial charge in [-0.15, -0.1) is 0 Å². The molecule has 0 spiro atoms. The molecule has 1 aliphatic carbocycles. The predicted molar refractivity (Wildman–Crippen MR) is 47.7 cm³/mol. The van der Waals surface area contributed by atoms with Crippen LogP contribution in [0.25, 0.3) is 0 Å². The van der Waals surface area contributed by atoms with Crippen LogP contribution in [0.4, 0.5) is 0 Å². The van der Waals surface area contributed by atoms with Crippen LogP contribution in [0.2, 0.25) is 0 Å². The average Bonchev–Trinajstić information content (AvgIpc) is 2.54. The molecule has 13 heavy (non-hydrogen) atoms. The van der Waals surface area contributed by atoms with Gasteiger partial charge in [0.15, 0.2) is 0 Å². The fourth-order valence-electron chi connectivity index (χ4n) is 2.06. The number of aryl methyl sites for hydroxylation is 1. The fourth-order valence-corrected chi connectivity index (χ4v) is 2.06. The van der Waals surface area contributed by atoms with Gasteiger partial charge in [0.2, 0.25) is 6.33 Å². The number of imidazole rings is 1. The van der Waals surface area contributed by atoms with Crippen molar-refractivity contribution in [1.82, 2.24) is 4.57 Å². The van der Waals surface area contributed by atoms with E-state index < -0.39 is 0 Å². The lowest BCUT2D eigenvalue weighted by Gasteiger charge is -2.18. The highest BCUT2D eigenvalue weighted by atomic mass is 127. The molecule has 74 valence electrons. The molecule has 0 aliphatic heterocycles. The summed E-state index contributed by atoms with van der Waals surface area (Å²) in [5.74, 6) is 0. The average molecular weight is 292 g/mol. The number of hydrogen-bond donors (Lipinski definition) is 0. The van der Waals surface area contributed by atoms with Gasteiger partial charge in [0.25, 0.3) is 0 Å². The first kappa shape index (κ1) is 11.0. The van der Waals surface area contributed by atoms with Gasteiger partial charge in [-0.3, -0.25) is 0 Å². The van der Waals surface area contributed by atoms with Gasteiger partial charge in [-0.1, -0.05) is 6.42 Å². The molecule has 0 radical (unpaired) electrons. The number of halogens is 1. The summed E-state index contributed by atoms with van der Waals surface area (Å²) < 4.78 is 4.48. The van der Waals surface area contributed by atoms with Crippen molar-refractivity contribution in [2.45, 2.75) is 38.1 Å². The summed E-state index contributed by atoms with van der Waals surface area (Å²) in [5, 5.41) is 0. The normalized spacial score (nSPS) is 18.2. The van der Waals surface area contributed by atoms with E-state index in [0.29, 0.717) is 0 Å². The molecule has 0 atom stereocenters. The number of rotatable bonds is 1. The minimum Gasteiger partial charge on any atom is -1.00 e. The molecule has 1 fully saturated rings. The Morgan fingerprint density at radius 1 is 1.23 bits per heavy atom. The molecule has 1 aromatic rings. The Kier molecular flexibility index (Phi) is 4.22. The molecular weight excluding hydrogens is 275 g/mol. The van der Waals surface area contributed by atoms with Crippen molar-refractivity contribution in [1.29, 1.82) is 0 Å². The Labute approximate surface area is 97.0 Å². The molecule has 1 aliphatic rings. The maximum Gasteiger partial charge on any atom is 0.243 e. The monoisotopic (exact) mass is 292 g/mol. The van der Waals surface area contributed by atoms with Crippen molar-refractivity contribution >= 4 is 0 Å². The molecule has 0 aromatic carbocycles. The van der Waals surface area contributed by atoms with Crippen molar-refractivity contribution < 1.29 is 28.5 Å². The summed E-state index contributed by atoms with van der Waals surface area (Å²) in [7, 11) is 2.08. The number of aromatic nitrogens is 2. The highest BCUT2D eigenvalue weighted by Crippen LogP contribution is 2.27. The van der Waals surface area contributed by atoms with E-state index in [1.807, 2.05) is 0 Å². The lowest BCUT2D eigenvalue weighted by atomic mass is 9.95. The van der Waals surface area contributed by atoms with Crippen LogP contribution in [0, 0.1) is 0 Å². The van der Waals surface area contributed by atoms with E-state index in [0.717, 1.165) is 6.04 Å². The van der Waals surface area contributed by atoms with E-state index in [9.17, 15) is 0 Å². The third kappa shape index (κ3) is 2.69. The van der Waals surface area contributed by atoms with Crippen LogP contribution >= 0.6 is 0 Å². The summed E-state index contributed by atoms with van der Waals surface area (Å²) in [6.07, 6.45) is 13.5. The molecule has 2 nitrogen and oxygen atoms in total. The zero-order chi connectivity index (χ0) is 8.39. The van der Waals surface area contributed by atoms with E-state index in [1.54, 1.807) is 0 Å². The topological polar surface area (TPSA) is 8.81 Å². The SMILES string of the molecule is C[n+]1ccn(C2CCCCC2)c1.[I-]. The second kappa shape index (κ2) is 4.98. The Hall–Kier alpha value is -0.0600. The van der Waals surface area contributed by atoms with Crippen LogP contribution in [0.1, 0.15) is 38.1 Å². The van der Waals surface area contributed by atoms with Crippen molar-refractivity contribution in [2.75, 3.05) is 0 Å². The molecular formula is C10H17IN2. The lowest BCUT2D eigenvalue weighted by Crippen LogP contribution is -3.00.